The Bertz CT molecular complexity index is 512. The molecule has 0 unspecified atom stereocenters. The third-order valence-electron chi connectivity index (χ3n) is 3.08. The molecule has 1 heterocycles. The van der Waals surface area contributed by atoms with Crippen molar-refractivity contribution in [3.63, 3.8) is 0 Å². The minimum Gasteiger partial charge on any atom is -0.389 e. The van der Waals surface area contributed by atoms with E-state index >= 15 is 0 Å². The van der Waals surface area contributed by atoms with Crippen molar-refractivity contribution in [2.75, 3.05) is 25.0 Å². The molecule has 1 aliphatic heterocycles. The molecule has 8 nitrogen and oxygen atoms in total. The van der Waals surface area contributed by atoms with Crippen LogP contribution in [0.2, 0.25) is 0 Å². The van der Waals surface area contributed by atoms with E-state index in [9.17, 15) is 25.1 Å². The van der Waals surface area contributed by atoms with Crippen molar-refractivity contribution in [3.8, 4) is 0 Å². The predicted octanol–water partition coefficient (Wildman–Crippen LogP) is -0.429. The first-order valence-electron chi connectivity index (χ1n) is 6.09. The number of nitro benzene ring substituents is 1. The Hall–Kier alpha value is -2.03. The predicted molar refractivity (Wildman–Crippen MR) is 70.2 cm³/mol. The Morgan fingerprint density at radius 1 is 1.35 bits per heavy atom. The second-order valence-corrected chi connectivity index (χ2v) is 4.65. The van der Waals surface area contributed by atoms with E-state index in [-0.39, 0.29) is 31.0 Å². The highest BCUT2D eigenvalue weighted by Crippen LogP contribution is 2.23. The van der Waals surface area contributed by atoms with Gasteiger partial charge in [-0.3, -0.25) is 19.8 Å². The van der Waals surface area contributed by atoms with E-state index in [0.717, 1.165) is 0 Å². The molecule has 108 valence electrons. The molecule has 1 aliphatic rings. The maximum absolute atomic E-state index is 11.8. The van der Waals surface area contributed by atoms with Gasteiger partial charge in [0.05, 0.1) is 23.7 Å². The number of carbonyl (C=O) groups excluding carboxylic acids is 1. The number of β-amino-alcohol motifs (C(OH)–C–C–N with tert-alkyl or cyclic N) is 2. The van der Waals surface area contributed by atoms with Gasteiger partial charge in [-0.25, -0.2) is 0 Å². The lowest BCUT2D eigenvalue weighted by atomic mass is 10.2. The third-order valence-corrected chi connectivity index (χ3v) is 3.08. The van der Waals surface area contributed by atoms with E-state index in [4.69, 9.17) is 0 Å². The van der Waals surface area contributed by atoms with Gasteiger partial charge in [-0.05, 0) is 6.07 Å². The van der Waals surface area contributed by atoms with Crippen molar-refractivity contribution in [2.45, 2.75) is 12.2 Å². The number of nitrogens with one attached hydrogen (secondary N) is 1. The van der Waals surface area contributed by atoms with Crippen molar-refractivity contribution in [1.29, 1.82) is 0 Å². The molecule has 3 N–H and O–H groups in total. The minimum atomic E-state index is -0.867. The molecular weight excluding hydrogens is 266 g/mol. The molecule has 0 aliphatic carbocycles. The number of anilines is 1. The number of amides is 1. The topological polar surface area (TPSA) is 116 Å². The van der Waals surface area contributed by atoms with Crippen LogP contribution in [0.3, 0.4) is 0 Å². The summed E-state index contributed by atoms with van der Waals surface area (Å²) in [6.45, 7) is 0.358. The zero-order valence-electron chi connectivity index (χ0n) is 10.6. The van der Waals surface area contributed by atoms with Crippen LogP contribution in [-0.2, 0) is 4.79 Å². The van der Waals surface area contributed by atoms with Crippen LogP contribution >= 0.6 is 0 Å². The van der Waals surface area contributed by atoms with Crippen LogP contribution in [0.15, 0.2) is 24.3 Å². The summed E-state index contributed by atoms with van der Waals surface area (Å²) < 4.78 is 0. The molecular formula is C12H15N3O5. The summed E-state index contributed by atoms with van der Waals surface area (Å²) in [5.74, 6) is -0.430. The van der Waals surface area contributed by atoms with Crippen molar-refractivity contribution in [1.82, 2.24) is 4.90 Å². The van der Waals surface area contributed by atoms with E-state index in [1.54, 1.807) is 11.0 Å². The Balaban J connectivity index is 1.97. The molecule has 2 rings (SSSR count). The summed E-state index contributed by atoms with van der Waals surface area (Å²) in [6.07, 6.45) is -1.73. The average molecular weight is 281 g/mol. The largest absolute Gasteiger partial charge is 0.389 e. The molecule has 20 heavy (non-hydrogen) atoms. The lowest BCUT2D eigenvalue weighted by Crippen LogP contribution is -2.32. The number of nitrogens with zero attached hydrogens (tertiary/aromatic N) is 2. The van der Waals surface area contributed by atoms with Crippen molar-refractivity contribution < 1.29 is 19.9 Å². The molecule has 0 bridgehead atoms. The fraction of sp³-hybridized carbons (Fsp3) is 0.417. The molecule has 1 amide bonds. The standard InChI is InChI=1S/C12H15N3O5/c16-10-5-14(6-11(10)17)7-12(18)13-8-3-1-2-4-9(8)15(19)20/h1-4,10-11,16-17H,5-7H2,(H,13,18)/t10-,11+. The highest BCUT2D eigenvalue weighted by atomic mass is 16.6. The number of carbonyl (C=O) groups is 1. The normalized spacial score (nSPS) is 22.7. The SMILES string of the molecule is O=C(CN1C[C@@H](O)[C@@H](O)C1)Nc1ccccc1[N+](=O)[O-]. The number of benzene rings is 1. The molecule has 1 aromatic carbocycles. The van der Waals surface area contributed by atoms with Gasteiger partial charge in [-0.15, -0.1) is 0 Å². The number of nitro groups is 1. The van der Waals surface area contributed by atoms with Gasteiger partial charge in [-0.2, -0.15) is 0 Å². The third kappa shape index (κ3) is 3.29. The van der Waals surface area contributed by atoms with Gasteiger partial charge in [0.25, 0.3) is 5.69 Å². The zero-order valence-corrected chi connectivity index (χ0v) is 10.6. The summed E-state index contributed by atoms with van der Waals surface area (Å²) in [5, 5.41) is 32.0. The smallest absolute Gasteiger partial charge is 0.292 e. The Morgan fingerprint density at radius 2 is 1.95 bits per heavy atom. The first-order valence-corrected chi connectivity index (χ1v) is 6.09. The average Bonchev–Trinajstić information content (AvgIpc) is 2.68. The van der Waals surface area contributed by atoms with Gasteiger partial charge in [0.2, 0.25) is 5.91 Å². The lowest BCUT2D eigenvalue weighted by molar-refractivity contribution is -0.383. The molecule has 2 atom stereocenters. The Kier molecular flexibility index (Phi) is 4.28. The Labute approximate surface area is 114 Å². The first kappa shape index (κ1) is 14.4. The monoisotopic (exact) mass is 281 g/mol. The van der Waals surface area contributed by atoms with Crippen molar-refractivity contribution >= 4 is 17.3 Å². The minimum absolute atomic E-state index is 0.0415. The highest BCUT2D eigenvalue weighted by molar-refractivity contribution is 5.94. The number of rotatable bonds is 4. The van der Waals surface area contributed by atoms with Gasteiger partial charge in [-0.1, -0.05) is 12.1 Å². The van der Waals surface area contributed by atoms with E-state index in [0.29, 0.717) is 0 Å². The van der Waals surface area contributed by atoms with Gasteiger partial charge in [0.15, 0.2) is 0 Å². The maximum atomic E-state index is 11.8. The number of aliphatic hydroxyl groups excluding tert-OH is 2. The van der Waals surface area contributed by atoms with E-state index in [2.05, 4.69) is 5.32 Å². The molecule has 0 radical (unpaired) electrons. The van der Waals surface area contributed by atoms with Crippen molar-refractivity contribution in [2.24, 2.45) is 0 Å². The zero-order chi connectivity index (χ0) is 14.7. The molecule has 8 heteroatoms. The second kappa shape index (κ2) is 5.95. The van der Waals surface area contributed by atoms with Crippen LogP contribution in [0.5, 0.6) is 0 Å². The number of aliphatic hydroxyl groups is 2. The first-order chi connectivity index (χ1) is 9.47. The lowest BCUT2D eigenvalue weighted by Gasteiger charge is -2.14. The van der Waals surface area contributed by atoms with Crippen LogP contribution < -0.4 is 5.32 Å². The highest BCUT2D eigenvalue weighted by Gasteiger charge is 2.30. The number of likely N-dealkylation sites (tertiary alicyclic amines) is 1. The van der Waals surface area contributed by atoms with Gasteiger partial charge < -0.3 is 15.5 Å². The van der Waals surface area contributed by atoms with Crippen LogP contribution in [0.4, 0.5) is 11.4 Å². The summed E-state index contributed by atoms with van der Waals surface area (Å²) in [4.78, 5) is 23.6. The number of hydrogen-bond donors (Lipinski definition) is 3. The van der Waals surface area contributed by atoms with Gasteiger partial charge >= 0.3 is 0 Å². The van der Waals surface area contributed by atoms with E-state index in [1.165, 1.54) is 18.2 Å². The Morgan fingerprint density at radius 3 is 2.55 bits per heavy atom. The second-order valence-electron chi connectivity index (χ2n) is 4.65. The molecule has 1 fully saturated rings. The summed E-state index contributed by atoms with van der Waals surface area (Å²) in [5.41, 5.74) is -0.0508. The molecule has 0 spiro atoms. The van der Waals surface area contributed by atoms with Gasteiger partial charge in [0, 0.05) is 19.2 Å². The summed E-state index contributed by atoms with van der Waals surface area (Å²) in [6, 6.07) is 5.86. The van der Waals surface area contributed by atoms with E-state index in [1.807, 2.05) is 0 Å². The van der Waals surface area contributed by atoms with Crippen molar-refractivity contribution in [3.05, 3.63) is 34.4 Å². The number of para-hydroxylation sites is 2. The fourth-order valence-electron chi connectivity index (χ4n) is 2.11. The van der Waals surface area contributed by atoms with Crippen LogP contribution in [-0.4, -0.2) is 57.8 Å². The van der Waals surface area contributed by atoms with Gasteiger partial charge in [0.1, 0.15) is 5.69 Å². The molecule has 1 aromatic rings. The summed E-state index contributed by atoms with van der Waals surface area (Å²) in [7, 11) is 0. The summed E-state index contributed by atoms with van der Waals surface area (Å²) >= 11 is 0. The maximum Gasteiger partial charge on any atom is 0.292 e. The molecule has 0 aromatic heterocycles. The molecule has 0 saturated carbocycles. The van der Waals surface area contributed by atoms with E-state index < -0.39 is 23.0 Å². The quantitative estimate of drug-likeness (QED) is 0.509. The fourth-order valence-corrected chi connectivity index (χ4v) is 2.11. The van der Waals surface area contributed by atoms with Crippen LogP contribution in [0.25, 0.3) is 0 Å². The van der Waals surface area contributed by atoms with Crippen LogP contribution in [0, 0.1) is 10.1 Å². The van der Waals surface area contributed by atoms with Crippen LogP contribution in [0.1, 0.15) is 0 Å². The molecule has 1 saturated heterocycles. The number of hydrogen-bond acceptors (Lipinski definition) is 6.